The number of aromatic nitrogens is 1. The van der Waals surface area contributed by atoms with Crippen molar-refractivity contribution < 1.29 is 27.3 Å². The van der Waals surface area contributed by atoms with Gasteiger partial charge in [0.2, 0.25) is 17.7 Å². The average Bonchev–Trinajstić information content (AvgIpc) is 3.08. The molecule has 0 saturated carbocycles. The van der Waals surface area contributed by atoms with Gasteiger partial charge in [-0.2, -0.15) is 0 Å². The Balaban J connectivity index is 1.56. The molecule has 9 heteroatoms. The molecule has 1 aromatic carbocycles. The van der Waals surface area contributed by atoms with E-state index in [1.807, 2.05) is 6.92 Å². The number of amides is 2. The summed E-state index contributed by atoms with van der Waals surface area (Å²) in [6.45, 7) is 2.56. The van der Waals surface area contributed by atoms with Gasteiger partial charge in [0.15, 0.2) is 17.5 Å². The molecule has 4 rings (SSSR count). The Labute approximate surface area is 165 Å². The zero-order valence-electron chi connectivity index (χ0n) is 15.9. The smallest absolute Gasteiger partial charge is 0.239 e. The zero-order valence-corrected chi connectivity index (χ0v) is 15.9. The van der Waals surface area contributed by atoms with E-state index in [9.17, 15) is 22.8 Å². The summed E-state index contributed by atoms with van der Waals surface area (Å²) >= 11 is 0. The molecule has 2 aliphatic heterocycles. The van der Waals surface area contributed by atoms with E-state index >= 15 is 0 Å². The quantitative estimate of drug-likeness (QED) is 0.734. The molecule has 0 spiro atoms. The molecule has 1 saturated heterocycles. The number of hydrogen-bond donors (Lipinski definition) is 0. The van der Waals surface area contributed by atoms with Crippen LogP contribution in [-0.4, -0.2) is 34.5 Å². The Morgan fingerprint density at radius 3 is 2.66 bits per heavy atom. The van der Waals surface area contributed by atoms with Crippen LogP contribution < -0.4 is 4.90 Å². The van der Waals surface area contributed by atoms with Crippen molar-refractivity contribution in [2.24, 2.45) is 0 Å². The van der Waals surface area contributed by atoms with Crippen molar-refractivity contribution in [3.05, 3.63) is 46.4 Å². The Bertz CT molecular complexity index is 952. The second-order valence-electron chi connectivity index (χ2n) is 7.54. The van der Waals surface area contributed by atoms with Crippen LogP contribution >= 0.6 is 0 Å². The lowest BCUT2D eigenvalue weighted by Gasteiger charge is -2.34. The van der Waals surface area contributed by atoms with E-state index in [4.69, 9.17) is 4.52 Å². The first-order valence-corrected chi connectivity index (χ1v) is 9.56. The van der Waals surface area contributed by atoms with Crippen molar-refractivity contribution >= 4 is 17.7 Å². The molecule has 3 heterocycles. The van der Waals surface area contributed by atoms with Crippen LogP contribution in [0.2, 0.25) is 0 Å². The summed E-state index contributed by atoms with van der Waals surface area (Å²) in [4.78, 5) is 28.2. The SMILES string of the molecule is C[C@H]1Cc2noc(N3CCCCC3=O)c2CN1C(=O)Cc1cc(F)c(F)c(F)c1. The Morgan fingerprint density at radius 2 is 1.97 bits per heavy atom. The fourth-order valence-corrected chi connectivity index (χ4v) is 3.92. The van der Waals surface area contributed by atoms with Gasteiger partial charge < -0.3 is 9.42 Å². The number of fused-ring (bicyclic) bond motifs is 1. The molecule has 0 bridgehead atoms. The summed E-state index contributed by atoms with van der Waals surface area (Å²) in [5.74, 6) is -4.24. The van der Waals surface area contributed by atoms with Crippen molar-refractivity contribution in [3.63, 3.8) is 0 Å². The number of piperidine rings is 1. The van der Waals surface area contributed by atoms with Crippen LogP contribution in [0.4, 0.5) is 19.1 Å². The van der Waals surface area contributed by atoms with E-state index in [0.717, 1.165) is 25.0 Å². The van der Waals surface area contributed by atoms with Gasteiger partial charge in [0.1, 0.15) is 0 Å². The number of nitrogens with zero attached hydrogens (tertiary/aromatic N) is 3. The molecule has 154 valence electrons. The maximum Gasteiger partial charge on any atom is 0.239 e. The molecule has 1 aromatic heterocycles. The summed E-state index contributed by atoms with van der Waals surface area (Å²) in [6.07, 6.45) is 2.31. The fraction of sp³-hybridized carbons (Fsp3) is 0.450. The van der Waals surface area contributed by atoms with E-state index in [2.05, 4.69) is 5.16 Å². The maximum absolute atomic E-state index is 13.5. The third kappa shape index (κ3) is 3.61. The Kier molecular flexibility index (Phi) is 5.06. The van der Waals surface area contributed by atoms with Crippen LogP contribution in [0.15, 0.2) is 16.7 Å². The molecule has 29 heavy (non-hydrogen) atoms. The van der Waals surface area contributed by atoms with Crippen LogP contribution in [0, 0.1) is 17.5 Å². The second-order valence-corrected chi connectivity index (χ2v) is 7.54. The van der Waals surface area contributed by atoms with Crippen molar-refractivity contribution in [1.29, 1.82) is 0 Å². The first-order valence-electron chi connectivity index (χ1n) is 9.56. The molecule has 0 radical (unpaired) electrons. The van der Waals surface area contributed by atoms with Gasteiger partial charge in [-0.25, -0.2) is 13.2 Å². The predicted molar refractivity (Wildman–Crippen MR) is 96.4 cm³/mol. The summed E-state index contributed by atoms with van der Waals surface area (Å²) in [5.41, 5.74) is 1.44. The first kappa shape index (κ1) is 19.5. The van der Waals surface area contributed by atoms with Gasteiger partial charge in [-0.05, 0) is 37.5 Å². The summed E-state index contributed by atoms with van der Waals surface area (Å²) in [6, 6.07) is 1.45. The normalized spacial score (nSPS) is 19.4. The van der Waals surface area contributed by atoms with Crippen LogP contribution in [0.3, 0.4) is 0 Å². The number of anilines is 1. The third-order valence-corrected chi connectivity index (χ3v) is 5.49. The molecule has 0 N–H and O–H groups in total. The average molecular weight is 407 g/mol. The van der Waals surface area contributed by atoms with E-state index in [1.54, 1.807) is 9.80 Å². The lowest BCUT2D eigenvalue weighted by Crippen LogP contribution is -2.44. The van der Waals surface area contributed by atoms with E-state index in [1.165, 1.54) is 0 Å². The topological polar surface area (TPSA) is 66.7 Å². The summed E-state index contributed by atoms with van der Waals surface area (Å²) < 4.78 is 45.5. The van der Waals surface area contributed by atoms with E-state index < -0.39 is 17.5 Å². The number of halogens is 3. The molecule has 0 unspecified atom stereocenters. The highest BCUT2D eigenvalue weighted by Gasteiger charge is 2.35. The molecular formula is C20H20F3N3O3. The van der Waals surface area contributed by atoms with E-state index in [-0.39, 0.29) is 36.4 Å². The summed E-state index contributed by atoms with van der Waals surface area (Å²) in [5, 5.41) is 4.08. The molecular weight excluding hydrogens is 387 g/mol. The fourth-order valence-electron chi connectivity index (χ4n) is 3.92. The van der Waals surface area contributed by atoms with Crippen molar-refractivity contribution in [2.75, 3.05) is 11.4 Å². The maximum atomic E-state index is 13.5. The molecule has 6 nitrogen and oxygen atoms in total. The Hall–Kier alpha value is -2.84. The molecule has 2 aliphatic rings. The lowest BCUT2D eigenvalue weighted by atomic mass is 9.99. The highest BCUT2D eigenvalue weighted by molar-refractivity contribution is 5.93. The molecule has 1 atom stereocenters. The highest BCUT2D eigenvalue weighted by atomic mass is 19.2. The van der Waals surface area contributed by atoms with Crippen LogP contribution in [0.1, 0.15) is 43.0 Å². The number of rotatable bonds is 3. The molecule has 2 aromatic rings. The summed E-state index contributed by atoms with van der Waals surface area (Å²) in [7, 11) is 0. The van der Waals surface area contributed by atoms with Crippen LogP contribution in [-0.2, 0) is 29.0 Å². The lowest BCUT2D eigenvalue weighted by molar-refractivity contribution is -0.133. The van der Waals surface area contributed by atoms with Crippen molar-refractivity contribution in [3.8, 4) is 0 Å². The van der Waals surface area contributed by atoms with Gasteiger partial charge >= 0.3 is 0 Å². The van der Waals surface area contributed by atoms with Gasteiger partial charge in [0, 0.05) is 25.4 Å². The monoisotopic (exact) mass is 407 g/mol. The first-order chi connectivity index (χ1) is 13.8. The third-order valence-electron chi connectivity index (χ3n) is 5.49. The minimum Gasteiger partial charge on any atom is -0.338 e. The minimum absolute atomic E-state index is 0.0380. The van der Waals surface area contributed by atoms with Crippen LogP contribution in [0.25, 0.3) is 0 Å². The zero-order chi connectivity index (χ0) is 20.7. The Morgan fingerprint density at radius 1 is 1.24 bits per heavy atom. The second kappa shape index (κ2) is 7.53. The van der Waals surface area contributed by atoms with Gasteiger partial charge in [-0.1, -0.05) is 5.16 Å². The van der Waals surface area contributed by atoms with Crippen molar-refractivity contribution in [2.45, 2.75) is 51.6 Å². The standard InChI is InChI=1S/C20H20F3N3O3/c1-11-6-16-13(20(29-24-16)25-5-3-2-4-17(25)27)10-26(11)18(28)9-12-7-14(21)19(23)15(22)8-12/h7-8,11H,2-6,9-10H2,1H3/t11-/m0/s1. The number of carbonyl (C=O) groups excluding carboxylic acids is 2. The van der Waals surface area contributed by atoms with Gasteiger partial charge in [0.05, 0.1) is 24.2 Å². The van der Waals surface area contributed by atoms with E-state index in [0.29, 0.717) is 36.5 Å². The molecule has 2 amide bonds. The number of hydrogen-bond acceptors (Lipinski definition) is 4. The van der Waals surface area contributed by atoms with Gasteiger partial charge in [-0.3, -0.25) is 14.5 Å². The molecule has 1 fully saturated rings. The van der Waals surface area contributed by atoms with Gasteiger partial charge in [-0.15, -0.1) is 0 Å². The van der Waals surface area contributed by atoms with Crippen LogP contribution in [0.5, 0.6) is 0 Å². The molecule has 0 aliphatic carbocycles. The highest BCUT2D eigenvalue weighted by Crippen LogP contribution is 2.33. The minimum atomic E-state index is -1.56. The predicted octanol–water partition coefficient (Wildman–Crippen LogP) is 3.12. The van der Waals surface area contributed by atoms with Gasteiger partial charge in [0.25, 0.3) is 0 Å². The largest absolute Gasteiger partial charge is 0.338 e. The number of carbonyl (C=O) groups is 2. The van der Waals surface area contributed by atoms with Crippen molar-refractivity contribution in [1.82, 2.24) is 10.1 Å². The number of benzene rings is 1.